The van der Waals surface area contributed by atoms with Crippen LogP contribution in [0.5, 0.6) is 5.75 Å². The van der Waals surface area contributed by atoms with Gasteiger partial charge in [0.15, 0.2) is 0 Å². The molecule has 1 fully saturated rings. The molecule has 0 N–H and O–H groups in total. The molecule has 1 aliphatic rings. The Morgan fingerprint density at radius 1 is 1.38 bits per heavy atom. The summed E-state index contributed by atoms with van der Waals surface area (Å²) in [4.78, 5) is 0.225. The van der Waals surface area contributed by atoms with Crippen molar-refractivity contribution < 1.29 is 13.2 Å². The number of piperidine rings is 1. The highest BCUT2D eigenvalue weighted by molar-refractivity contribution is 7.89. The van der Waals surface area contributed by atoms with Gasteiger partial charge in [0.25, 0.3) is 0 Å². The minimum atomic E-state index is -3.55. The molecule has 6 heteroatoms. The lowest BCUT2D eigenvalue weighted by Crippen LogP contribution is -2.43. The molecular formula is C15H22ClNO3S. The minimum absolute atomic E-state index is 0.0770. The molecule has 1 atom stereocenters. The number of nitrogens with zero attached hydrogens (tertiary/aromatic N) is 1. The van der Waals surface area contributed by atoms with E-state index in [0.29, 0.717) is 12.3 Å². The van der Waals surface area contributed by atoms with Crippen molar-refractivity contribution in [2.45, 2.75) is 49.4 Å². The third-order valence-electron chi connectivity index (χ3n) is 4.01. The summed E-state index contributed by atoms with van der Waals surface area (Å²) in [6, 6.07) is 5.17. The molecule has 21 heavy (non-hydrogen) atoms. The molecule has 2 rings (SSSR count). The van der Waals surface area contributed by atoms with Crippen LogP contribution in [0.2, 0.25) is 0 Å². The molecule has 1 aliphatic heterocycles. The second-order valence-corrected chi connectivity index (χ2v) is 7.42. The van der Waals surface area contributed by atoms with E-state index in [9.17, 15) is 8.42 Å². The van der Waals surface area contributed by atoms with Crippen molar-refractivity contribution in [2.75, 3.05) is 13.7 Å². The van der Waals surface area contributed by atoms with Crippen LogP contribution in [0.25, 0.3) is 0 Å². The van der Waals surface area contributed by atoms with Gasteiger partial charge in [-0.1, -0.05) is 19.4 Å². The average molecular weight is 332 g/mol. The lowest BCUT2D eigenvalue weighted by molar-refractivity contribution is 0.246. The number of halogens is 1. The van der Waals surface area contributed by atoms with Crippen molar-refractivity contribution in [2.24, 2.45) is 0 Å². The van der Waals surface area contributed by atoms with Gasteiger partial charge in [0.05, 0.1) is 7.11 Å². The smallest absolute Gasteiger partial charge is 0.247 e. The first-order valence-electron chi connectivity index (χ1n) is 7.29. The van der Waals surface area contributed by atoms with E-state index >= 15 is 0 Å². The second kappa shape index (κ2) is 6.99. The Labute approximate surface area is 132 Å². The highest BCUT2D eigenvalue weighted by Gasteiger charge is 2.34. The summed E-state index contributed by atoms with van der Waals surface area (Å²) in [6.07, 6.45) is 3.75. The number of hydrogen-bond donors (Lipinski definition) is 0. The maximum absolute atomic E-state index is 13.0. The number of alkyl halides is 1. The van der Waals surface area contributed by atoms with Crippen LogP contribution in [-0.4, -0.2) is 32.4 Å². The summed E-state index contributed by atoms with van der Waals surface area (Å²) in [6.45, 7) is 2.61. The monoisotopic (exact) mass is 331 g/mol. The molecule has 0 aromatic heterocycles. The Morgan fingerprint density at radius 3 is 2.76 bits per heavy atom. The molecule has 0 saturated carbocycles. The molecule has 1 heterocycles. The van der Waals surface area contributed by atoms with E-state index in [2.05, 4.69) is 0 Å². The van der Waals surface area contributed by atoms with E-state index in [1.54, 1.807) is 22.5 Å². The van der Waals surface area contributed by atoms with Crippen LogP contribution in [0, 0.1) is 0 Å². The molecule has 0 radical (unpaired) electrons. The molecule has 0 spiro atoms. The second-order valence-electron chi connectivity index (χ2n) is 5.29. The maximum Gasteiger partial charge on any atom is 0.247 e. The fourth-order valence-electron chi connectivity index (χ4n) is 2.83. The first-order chi connectivity index (χ1) is 10.0. The van der Waals surface area contributed by atoms with Crippen molar-refractivity contribution >= 4 is 21.6 Å². The average Bonchev–Trinajstić information content (AvgIpc) is 2.54. The summed E-state index contributed by atoms with van der Waals surface area (Å²) in [5.74, 6) is 0.660. The molecule has 1 saturated heterocycles. The lowest BCUT2D eigenvalue weighted by Gasteiger charge is -2.34. The molecule has 0 amide bonds. The van der Waals surface area contributed by atoms with E-state index in [1.165, 1.54) is 7.11 Å². The lowest BCUT2D eigenvalue weighted by atomic mass is 10.0. The summed E-state index contributed by atoms with van der Waals surface area (Å²) in [5.41, 5.74) is 0.779. The van der Waals surface area contributed by atoms with Gasteiger partial charge in [-0.15, -0.1) is 11.6 Å². The fourth-order valence-corrected chi connectivity index (χ4v) is 4.97. The van der Waals surface area contributed by atoms with E-state index in [4.69, 9.17) is 16.3 Å². The van der Waals surface area contributed by atoms with Crippen LogP contribution in [0.1, 0.15) is 38.2 Å². The van der Waals surface area contributed by atoms with Crippen LogP contribution in [0.15, 0.2) is 23.1 Å². The van der Waals surface area contributed by atoms with Crippen LogP contribution in [-0.2, 0) is 15.9 Å². The number of rotatable bonds is 5. The van der Waals surface area contributed by atoms with E-state index < -0.39 is 10.0 Å². The third-order valence-corrected chi connectivity index (χ3v) is 6.29. The molecule has 1 aromatic carbocycles. The summed E-state index contributed by atoms with van der Waals surface area (Å²) in [7, 11) is -2.06. The van der Waals surface area contributed by atoms with Crippen molar-refractivity contribution in [3.63, 3.8) is 0 Å². The first kappa shape index (κ1) is 16.6. The predicted molar refractivity (Wildman–Crippen MR) is 84.4 cm³/mol. The van der Waals surface area contributed by atoms with Crippen molar-refractivity contribution in [3.8, 4) is 5.75 Å². The normalized spacial score (nSPS) is 20.4. The Hall–Kier alpha value is -0.780. The van der Waals surface area contributed by atoms with Gasteiger partial charge in [-0.3, -0.25) is 0 Å². The molecule has 1 unspecified atom stereocenters. The van der Waals surface area contributed by atoms with Crippen LogP contribution in [0.4, 0.5) is 0 Å². The summed E-state index contributed by atoms with van der Waals surface area (Å²) in [5, 5.41) is 0. The van der Waals surface area contributed by atoms with Gasteiger partial charge in [0, 0.05) is 18.5 Å². The molecular weight excluding hydrogens is 310 g/mol. The quantitative estimate of drug-likeness (QED) is 0.777. The fraction of sp³-hybridized carbons (Fsp3) is 0.600. The van der Waals surface area contributed by atoms with Crippen molar-refractivity contribution in [1.82, 2.24) is 4.31 Å². The van der Waals surface area contributed by atoms with Gasteiger partial charge in [0.2, 0.25) is 10.0 Å². The van der Waals surface area contributed by atoms with E-state index in [0.717, 1.165) is 31.2 Å². The van der Waals surface area contributed by atoms with Crippen LogP contribution < -0.4 is 4.74 Å². The standard InChI is InChI=1S/C15H22ClNO3S/c1-3-13-6-4-5-9-17(13)21(18,19)15-10-12(11-16)7-8-14(15)20-2/h7-8,10,13H,3-6,9,11H2,1-2H3. The van der Waals surface area contributed by atoms with E-state index in [1.807, 2.05) is 6.92 Å². The molecule has 0 aliphatic carbocycles. The van der Waals surface area contributed by atoms with Crippen molar-refractivity contribution in [3.05, 3.63) is 23.8 Å². The minimum Gasteiger partial charge on any atom is -0.495 e. The third kappa shape index (κ3) is 3.35. The summed E-state index contributed by atoms with van der Waals surface area (Å²) >= 11 is 5.84. The Balaban J connectivity index is 2.47. The van der Waals surface area contributed by atoms with Gasteiger partial charge < -0.3 is 4.74 Å². The Bertz CT molecular complexity index is 589. The SMILES string of the molecule is CCC1CCCCN1S(=O)(=O)c1cc(CCl)ccc1OC. The van der Waals surface area contributed by atoms with Crippen molar-refractivity contribution in [1.29, 1.82) is 0 Å². The zero-order chi connectivity index (χ0) is 15.5. The molecule has 0 bridgehead atoms. The van der Waals surface area contributed by atoms with Gasteiger partial charge in [0.1, 0.15) is 10.6 Å². The number of ether oxygens (including phenoxy) is 1. The predicted octanol–water partition coefficient (Wildman–Crippen LogP) is 3.39. The van der Waals surface area contributed by atoms with Gasteiger partial charge in [-0.2, -0.15) is 4.31 Å². The largest absolute Gasteiger partial charge is 0.495 e. The number of hydrogen-bond acceptors (Lipinski definition) is 3. The molecule has 4 nitrogen and oxygen atoms in total. The van der Waals surface area contributed by atoms with Gasteiger partial charge in [-0.25, -0.2) is 8.42 Å². The maximum atomic E-state index is 13.0. The summed E-state index contributed by atoms with van der Waals surface area (Å²) < 4.78 is 32.9. The molecule has 118 valence electrons. The Kier molecular flexibility index (Phi) is 5.52. The Morgan fingerprint density at radius 2 is 2.14 bits per heavy atom. The highest BCUT2D eigenvalue weighted by Crippen LogP contribution is 2.32. The van der Waals surface area contributed by atoms with E-state index in [-0.39, 0.29) is 16.8 Å². The van der Waals surface area contributed by atoms with Gasteiger partial charge >= 0.3 is 0 Å². The topological polar surface area (TPSA) is 46.6 Å². The van der Waals surface area contributed by atoms with Crippen LogP contribution in [0.3, 0.4) is 0 Å². The zero-order valence-electron chi connectivity index (χ0n) is 12.5. The zero-order valence-corrected chi connectivity index (χ0v) is 14.1. The highest BCUT2D eigenvalue weighted by atomic mass is 35.5. The van der Waals surface area contributed by atoms with Gasteiger partial charge in [-0.05, 0) is 37.0 Å². The first-order valence-corrected chi connectivity index (χ1v) is 9.26. The number of methoxy groups -OCH3 is 1. The molecule has 1 aromatic rings. The van der Waals surface area contributed by atoms with Crippen LogP contribution >= 0.6 is 11.6 Å². The number of benzene rings is 1. The number of sulfonamides is 1.